The summed E-state index contributed by atoms with van der Waals surface area (Å²) in [6, 6.07) is 11.7. The summed E-state index contributed by atoms with van der Waals surface area (Å²) in [5, 5.41) is 11.5. The third-order valence-electron chi connectivity index (χ3n) is 7.50. The summed E-state index contributed by atoms with van der Waals surface area (Å²) in [5.41, 5.74) is 1.21. The lowest BCUT2D eigenvalue weighted by Crippen LogP contribution is -2.33. The van der Waals surface area contributed by atoms with Crippen molar-refractivity contribution >= 4 is 17.4 Å². The first-order valence-corrected chi connectivity index (χ1v) is 15.5. The third kappa shape index (κ3) is 8.28. The van der Waals surface area contributed by atoms with Crippen LogP contribution < -0.4 is 14.2 Å². The van der Waals surface area contributed by atoms with Crippen LogP contribution in [0.4, 0.5) is 0 Å². The molecule has 1 heterocycles. The molecule has 1 amide bonds. The number of amides is 1. The second kappa shape index (κ2) is 16.8. The molecule has 2 aromatic carbocycles. The monoisotopic (exact) mass is 580 g/mol. The summed E-state index contributed by atoms with van der Waals surface area (Å²) in [6.07, 6.45) is 4.70. The Bertz CT molecular complexity index is 1190. The maximum atomic E-state index is 13.5. The number of carbonyl (C=O) groups is 2. The lowest BCUT2D eigenvalue weighted by atomic mass is 9.95. The molecule has 0 saturated carbocycles. The van der Waals surface area contributed by atoms with Crippen molar-refractivity contribution in [3.8, 4) is 17.2 Å². The number of unbranched alkanes of at least 4 members (excludes halogenated alkanes) is 2. The fraction of sp³-hybridized carbons (Fsp3) is 0.529. The molecule has 1 saturated heterocycles. The number of rotatable bonds is 18. The van der Waals surface area contributed by atoms with Crippen LogP contribution in [0.5, 0.6) is 17.2 Å². The van der Waals surface area contributed by atoms with Gasteiger partial charge in [0.2, 0.25) is 0 Å². The molecule has 0 aromatic heterocycles. The van der Waals surface area contributed by atoms with Crippen LogP contribution in [0.2, 0.25) is 0 Å². The minimum Gasteiger partial charge on any atom is -0.507 e. The van der Waals surface area contributed by atoms with Gasteiger partial charge in [-0.15, -0.1) is 0 Å². The van der Waals surface area contributed by atoms with E-state index in [0.717, 1.165) is 45.3 Å². The Hall–Kier alpha value is -3.52. The van der Waals surface area contributed by atoms with E-state index in [-0.39, 0.29) is 11.3 Å². The average molecular weight is 581 g/mol. The van der Waals surface area contributed by atoms with E-state index in [1.807, 2.05) is 32.0 Å². The van der Waals surface area contributed by atoms with Gasteiger partial charge in [-0.2, -0.15) is 0 Å². The molecule has 8 nitrogen and oxygen atoms in total. The van der Waals surface area contributed by atoms with Crippen molar-refractivity contribution in [3.05, 3.63) is 59.2 Å². The highest BCUT2D eigenvalue weighted by Gasteiger charge is 2.46. The molecule has 0 spiro atoms. The second-order valence-corrected chi connectivity index (χ2v) is 10.4. The zero-order chi connectivity index (χ0) is 30.5. The number of ketones is 1. The van der Waals surface area contributed by atoms with Crippen LogP contribution in [0.15, 0.2) is 48.0 Å². The average Bonchev–Trinajstić information content (AvgIpc) is 3.26. The van der Waals surface area contributed by atoms with Gasteiger partial charge in [0.25, 0.3) is 11.7 Å². The first-order valence-electron chi connectivity index (χ1n) is 15.5. The lowest BCUT2D eigenvalue weighted by Gasteiger charge is -2.27. The van der Waals surface area contributed by atoms with Crippen LogP contribution in [0, 0.1) is 0 Å². The quantitative estimate of drug-likeness (QED) is 0.0920. The molecule has 8 heteroatoms. The summed E-state index contributed by atoms with van der Waals surface area (Å²) in [7, 11) is 0. The molecule has 1 fully saturated rings. The fourth-order valence-electron chi connectivity index (χ4n) is 5.16. The molecule has 1 atom stereocenters. The molecule has 230 valence electrons. The first kappa shape index (κ1) is 33.0. The number of ether oxygens (including phenoxy) is 3. The highest BCUT2D eigenvalue weighted by atomic mass is 16.5. The van der Waals surface area contributed by atoms with Crippen LogP contribution in [-0.2, 0) is 9.59 Å². The Morgan fingerprint density at radius 3 is 2.21 bits per heavy atom. The minimum atomic E-state index is -0.758. The van der Waals surface area contributed by atoms with E-state index in [2.05, 4.69) is 25.7 Å². The van der Waals surface area contributed by atoms with Gasteiger partial charge >= 0.3 is 0 Å². The minimum absolute atomic E-state index is 0.0733. The van der Waals surface area contributed by atoms with Gasteiger partial charge < -0.3 is 29.1 Å². The molecule has 1 aliphatic heterocycles. The van der Waals surface area contributed by atoms with Gasteiger partial charge in [-0.1, -0.05) is 46.6 Å². The standard InChI is InChI=1S/C34H48N2O6/c1-6-11-12-23-42-28-19-16-26(24-29(28)40-10-5)31-30(32(37)25-14-17-27(18-15-25)41-22-7-2)33(38)34(39)36(31)21-13-20-35(8-3)9-4/h14-19,24,31,37H,6-13,20-23H2,1-5H3. The molecule has 2 aromatic rings. The molecule has 42 heavy (non-hydrogen) atoms. The summed E-state index contributed by atoms with van der Waals surface area (Å²) < 4.78 is 17.6. The zero-order valence-electron chi connectivity index (χ0n) is 26.0. The topological polar surface area (TPSA) is 88.5 Å². The van der Waals surface area contributed by atoms with Crippen molar-refractivity contribution in [3.63, 3.8) is 0 Å². The van der Waals surface area contributed by atoms with Crippen LogP contribution in [0.25, 0.3) is 5.76 Å². The Morgan fingerprint density at radius 2 is 1.57 bits per heavy atom. The molecule has 1 unspecified atom stereocenters. The molecule has 0 aliphatic carbocycles. The van der Waals surface area contributed by atoms with E-state index >= 15 is 0 Å². The largest absolute Gasteiger partial charge is 0.507 e. The zero-order valence-corrected chi connectivity index (χ0v) is 26.0. The van der Waals surface area contributed by atoms with Crippen LogP contribution in [0.3, 0.4) is 0 Å². The fourth-order valence-corrected chi connectivity index (χ4v) is 5.16. The number of benzene rings is 2. The number of hydrogen-bond acceptors (Lipinski definition) is 7. The Morgan fingerprint density at radius 1 is 0.833 bits per heavy atom. The molecular weight excluding hydrogens is 532 g/mol. The molecule has 0 radical (unpaired) electrons. The molecule has 1 N–H and O–H groups in total. The maximum absolute atomic E-state index is 13.5. The van der Waals surface area contributed by atoms with E-state index in [9.17, 15) is 14.7 Å². The van der Waals surface area contributed by atoms with Crippen molar-refractivity contribution in [2.75, 3.05) is 46.0 Å². The molecular formula is C34H48N2O6. The molecule has 0 bridgehead atoms. The third-order valence-corrected chi connectivity index (χ3v) is 7.50. The van der Waals surface area contributed by atoms with Gasteiger partial charge in [-0.25, -0.2) is 0 Å². The van der Waals surface area contributed by atoms with Gasteiger partial charge in [-0.3, -0.25) is 9.59 Å². The summed E-state index contributed by atoms with van der Waals surface area (Å²) in [6.45, 7) is 14.9. The van der Waals surface area contributed by atoms with Crippen molar-refractivity contribution in [1.29, 1.82) is 0 Å². The van der Waals surface area contributed by atoms with Gasteiger partial charge in [0.15, 0.2) is 11.5 Å². The van der Waals surface area contributed by atoms with Crippen LogP contribution in [0.1, 0.15) is 83.9 Å². The van der Waals surface area contributed by atoms with E-state index in [1.165, 1.54) is 0 Å². The normalized spacial score (nSPS) is 16.3. The van der Waals surface area contributed by atoms with Crippen molar-refractivity contribution in [2.45, 2.75) is 72.8 Å². The smallest absolute Gasteiger partial charge is 0.295 e. The number of nitrogens with zero attached hydrogens (tertiary/aromatic N) is 2. The Balaban J connectivity index is 2.03. The Kier molecular flexibility index (Phi) is 13.2. The van der Waals surface area contributed by atoms with E-state index in [0.29, 0.717) is 61.2 Å². The second-order valence-electron chi connectivity index (χ2n) is 10.4. The number of likely N-dealkylation sites (tertiary alicyclic amines) is 1. The van der Waals surface area contributed by atoms with Crippen LogP contribution in [-0.4, -0.2) is 72.6 Å². The SMILES string of the molecule is CCCCCOc1ccc(C2C(=C(O)c3ccc(OCCC)cc3)C(=O)C(=O)N2CCCN(CC)CC)cc1OCC. The molecule has 1 aliphatic rings. The van der Waals surface area contributed by atoms with Gasteiger partial charge in [0.1, 0.15) is 11.5 Å². The van der Waals surface area contributed by atoms with Crippen molar-refractivity contribution < 1.29 is 28.9 Å². The van der Waals surface area contributed by atoms with Gasteiger partial charge in [0.05, 0.1) is 31.4 Å². The summed E-state index contributed by atoms with van der Waals surface area (Å²) >= 11 is 0. The van der Waals surface area contributed by atoms with E-state index < -0.39 is 17.7 Å². The van der Waals surface area contributed by atoms with Gasteiger partial charge in [0, 0.05) is 12.1 Å². The van der Waals surface area contributed by atoms with Crippen LogP contribution >= 0.6 is 0 Å². The highest BCUT2D eigenvalue weighted by molar-refractivity contribution is 6.46. The number of hydrogen-bond donors (Lipinski definition) is 1. The van der Waals surface area contributed by atoms with E-state index in [1.54, 1.807) is 29.2 Å². The molecule has 3 rings (SSSR count). The predicted molar refractivity (Wildman–Crippen MR) is 166 cm³/mol. The maximum Gasteiger partial charge on any atom is 0.295 e. The van der Waals surface area contributed by atoms with Crippen molar-refractivity contribution in [2.24, 2.45) is 0 Å². The van der Waals surface area contributed by atoms with E-state index in [4.69, 9.17) is 14.2 Å². The summed E-state index contributed by atoms with van der Waals surface area (Å²) in [4.78, 5) is 30.8. The Labute approximate surface area is 251 Å². The lowest BCUT2D eigenvalue weighted by molar-refractivity contribution is -0.140. The number of carbonyl (C=O) groups excluding carboxylic acids is 2. The van der Waals surface area contributed by atoms with Gasteiger partial charge in [-0.05, 0) is 87.8 Å². The number of Topliss-reactive ketones (excluding diaryl/α,β-unsaturated/α-hetero) is 1. The predicted octanol–water partition coefficient (Wildman–Crippen LogP) is 6.60. The first-order chi connectivity index (χ1) is 20.4. The number of aliphatic hydroxyl groups is 1. The van der Waals surface area contributed by atoms with Crippen molar-refractivity contribution in [1.82, 2.24) is 9.80 Å². The summed E-state index contributed by atoms with van der Waals surface area (Å²) in [5.74, 6) is 0.351. The highest BCUT2D eigenvalue weighted by Crippen LogP contribution is 2.42. The number of aliphatic hydroxyl groups excluding tert-OH is 1.